The van der Waals surface area contributed by atoms with E-state index in [-0.39, 0.29) is 0 Å². The third kappa shape index (κ3) is 1.83. The molecule has 1 N–H and O–H groups in total. The lowest BCUT2D eigenvalue weighted by Gasteiger charge is -2.00. The Morgan fingerprint density at radius 1 is 1.50 bits per heavy atom. The predicted molar refractivity (Wildman–Crippen MR) is 51.2 cm³/mol. The first-order chi connectivity index (χ1) is 4.72. The number of aryl methyl sites for hydroxylation is 1. The maximum absolute atomic E-state index is 4.23. The number of rotatable bonds is 1. The summed E-state index contributed by atoms with van der Waals surface area (Å²) in [5, 5.41) is 2.99. The molecule has 0 radical (unpaired) electrons. The van der Waals surface area contributed by atoms with Crippen molar-refractivity contribution in [2.45, 2.75) is 6.92 Å². The van der Waals surface area contributed by atoms with Crippen LogP contribution in [0.25, 0.3) is 0 Å². The zero-order valence-corrected chi connectivity index (χ0v) is 8.14. The average Bonchev–Trinajstić information content (AvgIpc) is 1.85. The van der Waals surface area contributed by atoms with Crippen LogP contribution in [-0.4, -0.2) is 12.0 Å². The Hall–Kier alpha value is -0.320. The molecule has 0 aromatic carbocycles. The Labute approximate surface area is 74.2 Å². The third-order valence-corrected chi connectivity index (χ3v) is 1.75. The summed E-state index contributed by atoms with van der Waals surface area (Å²) in [6, 6.07) is 4.06. The minimum Gasteiger partial charge on any atom is -0.373 e. The van der Waals surface area contributed by atoms with Crippen molar-refractivity contribution in [3.05, 3.63) is 21.4 Å². The summed E-state index contributed by atoms with van der Waals surface area (Å²) < 4.78 is 1.03. The highest BCUT2D eigenvalue weighted by Gasteiger charge is 1.93. The van der Waals surface area contributed by atoms with E-state index in [9.17, 15) is 0 Å². The van der Waals surface area contributed by atoms with Crippen molar-refractivity contribution in [1.29, 1.82) is 0 Å². The second-order valence-electron chi connectivity index (χ2n) is 2.10. The van der Waals surface area contributed by atoms with E-state index in [2.05, 4.69) is 39.8 Å². The van der Waals surface area contributed by atoms with Crippen LogP contribution in [0.5, 0.6) is 0 Å². The van der Waals surface area contributed by atoms with Crippen molar-refractivity contribution < 1.29 is 0 Å². The van der Waals surface area contributed by atoms with Gasteiger partial charge in [0.15, 0.2) is 0 Å². The van der Waals surface area contributed by atoms with E-state index in [1.807, 2.05) is 19.2 Å². The Morgan fingerprint density at radius 3 is 2.70 bits per heavy atom. The highest BCUT2D eigenvalue weighted by Crippen LogP contribution is 2.09. The second-order valence-corrected chi connectivity index (χ2v) is 3.21. The van der Waals surface area contributed by atoms with Crippen LogP contribution in [0.2, 0.25) is 0 Å². The molecule has 0 unspecified atom stereocenters. The zero-order chi connectivity index (χ0) is 7.56. The molecule has 0 bridgehead atoms. The summed E-state index contributed by atoms with van der Waals surface area (Å²) >= 11 is 2.20. The molecule has 0 saturated heterocycles. The van der Waals surface area contributed by atoms with Gasteiger partial charge in [-0.25, -0.2) is 4.98 Å². The summed E-state index contributed by atoms with van der Waals surface area (Å²) in [5.74, 6) is 0.935. The van der Waals surface area contributed by atoms with Gasteiger partial charge in [0, 0.05) is 7.05 Å². The molecule has 1 aromatic rings. The molecule has 0 saturated carbocycles. The fourth-order valence-electron chi connectivity index (χ4n) is 0.753. The molecule has 0 spiro atoms. The summed E-state index contributed by atoms with van der Waals surface area (Å²) in [6.45, 7) is 2.06. The molecule has 0 atom stereocenters. The van der Waals surface area contributed by atoms with Crippen LogP contribution in [0.3, 0.4) is 0 Å². The van der Waals surface area contributed by atoms with E-state index in [0.717, 1.165) is 9.52 Å². The highest BCUT2D eigenvalue weighted by atomic mass is 127. The van der Waals surface area contributed by atoms with E-state index in [1.54, 1.807) is 0 Å². The van der Waals surface area contributed by atoms with Crippen molar-refractivity contribution >= 4 is 28.4 Å². The predicted octanol–water partition coefficient (Wildman–Crippen LogP) is 2.04. The molecule has 2 nitrogen and oxygen atoms in total. The molecule has 1 heterocycles. The Balaban J connectivity index is 3.06. The summed E-state index contributed by atoms with van der Waals surface area (Å²) in [4.78, 5) is 4.23. The van der Waals surface area contributed by atoms with Crippen LogP contribution in [0.1, 0.15) is 5.56 Å². The fourth-order valence-corrected chi connectivity index (χ4v) is 1.50. The minimum absolute atomic E-state index is 0.935. The molecular formula is C7H9IN2. The molecule has 1 rings (SSSR count). The molecule has 54 valence electrons. The maximum Gasteiger partial charge on any atom is 0.127 e. The van der Waals surface area contributed by atoms with Crippen molar-refractivity contribution in [2.24, 2.45) is 0 Å². The number of nitrogens with one attached hydrogen (secondary N) is 1. The number of hydrogen-bond acceptors (Lipinski definition) is 2. The number of aromatic nitrogens is 1. The molecule has 0 aliphatic heterocycles. The van der Waals surface area contributed by atoms with Gasteiger partial charge in [-0.05, 0) is 47.2 Å². The number of nitrogens with zero attached hydrogens (tertiary/aromatic N) is 1. The van der Waals surface area contributed by atoms with Gasteiger partial charge in [-0.2, -0.15) is 0 Å². The van der Waals surface area contributed by atoms with Crippen LogP contribution in [0.4, 0.5) is 5.82 Å². The first kappa shape index (κ1) is 7.78. The molecule has 0 aliphatic carbocycles. The maximum atomic E-state index is 4.23. The van der Waals surface area contributed by atoms with Crippen LogP contribution >= 0.6 is 22.6 Å². The Morgan fingerprint density at radius 2 is 2.20 bits per heavy atom. The van der Waals surface area contributed by atoms with Gasteiger partial charge in [-0.15, -0.1) is 0 Å². The lowest BCUT2D eigenvalue weighted by atomic mass is 10.3. The van der Waals surface area contributed by atoms with Crippen LogP contribution in [0.15, 0.2) is 12.1 Å². The summed E-state index contributed by atoms with van der Waals surface area (Å²) in [5.41, 5.74) is 1.24. The van der Waals surface area contributed by atoms with Gasteiger partial charge in [-0.3, -0.25) is 0 Å². The molecule has 3 heteroatoms. The van der Waals surface area contributed by atoms with E-state index < -0.39 is 0 Å². The number of halogens is 1. The van der Waals surface area contributed by atoms with E-state index in [4.69, 9.17) is 0 Å². The fraction of sp³-hybridized carbons (Fsp3) is 0.286. The normalized spacial score (nSPS) is 9.50. The van der Waals surface area contributed by atoms with Gasteiger partial charge in [-0.1, -0.05) is 0 Å². The van der Waals surface area contributed by atoms with Crippen molar-refractivity contribution in [2.75, 3.05) is 12.4 Å². The summed E-state index contributed by atoms with van der Waals surface area (Å²) in [6.07, 6.45) is 0. The van der Waals surface area contributed by atoms with Crippen LogP contribution < -0.4 is 5.32 Å². The lowest BCUT2D eigenvalue weighted by molar-refractivity contribution is 1.22. The van der Waals surface area contributed by atoms with E-state index >= 15 is 0 Å². The van der Waals surface area contributed by atoms with Crippen LogP contribution in [0, 0.1) is 10.6 Å². The highest BCUT2D eigenvalue weighted by molar-refractivity contribution is 14.1. The van der Waals surface area contributed by atoms with Gasteiger partial charge in [0.1, 0.15) is 9.52 Å². The first-order valence-corrected chi connectivity index (χ1v) is 4.12. The number of hydrogen-bond donors (Lipinski definition) is 1. The van der Waals surface area contributed by atoms with Gasteiger partial charge in [0.25, 0.3) is 0 Å². The molecule has 10 heavy (non-hydrogen) atoms. The van der Waals surface area contributed by atoms with E-state index in [1.165, 1.54) is 5.56 Å². The smallest absolute Gasteiger partial charge is 0.127 e. The van der Waals surface area contributed by atoms with E-state index in [0.29, 0.717) is 0 Å². The lowest BCUT2D eigenvalue weighted by Crippen LogP contribution is -1.93. The standard InChI is InChI=1S/C7H9IN2/c1-5-3-6(8)10-7(4-5)9-2/h3-4H,1-2H3,(H,9,10). The third-order valence-electron chi connectivity index (χ3n) is 1.19. The van der Waals surface area contributed by atoms with Crippen LogP contribution in [-0.2, 0) is 0 Å². The SMILES string of the molecule is CNc1cc(C)cc(I)n1. The van der Waals surface area contributed by atoms with Crippen molar-refractivity contribution in [3.63, 3.8) is 0 Å². The van der Waals surface area contributed by atoms with Crippen molar-refractivity contribution in [1.82, 2.24) is 4.98 Å². The largest absolute Gasteiger partial charge is 0.373 e. The minimum atomic E-state index is 0.935. The van der Waals surface area contributed by atoms with Gasteiger partial charge < -0.3 is 5.32 Å². The first-order valence-electron chi connectivity index (χ1n) is 3.04. The average molecular weight is 248 g/mol. The quantitative estimate of drug-likeness (QED) is 0.607. The van der Waals surface area contributed by atoms with Gasteiger partial charge in [0.05, 0.1) is 0 Å². The van der Waals surface area contributed by atoms with Gasteiger partial charge >= 0.3 is 0 Å². The summed E-state index contributed by atoms with van der Waals surface area (Å²) in [7, 11) is 1.87. The molecule has 0 aliphatic rings. The molecular weight excluding hydrogens is 239 g/mol. The second kappa shape index (κ2) is 3.18. The molecule has 1 aromatic heterocycles. The zero-order valence-electron chi connectivity index (χ0n) is 5.98. The monoisotopic (exact) mass is 248 g/mol. The van der Waals surface area contributed by atoms with Gasteiger partial charge in [0.2, 0.25) is 0 Å². The topological polar surface area (TPSA) is 24.9 Å². The molecule has 0 amide bonds. The molecule has 0 fully saturated rings. The Kier molecular flexibility index (Phi) is 2.48. The number of pyridine rings is 1. The Bertz CT molecular complexity index is 215. The van der Waals surface area contributed by atoms with Crippen molar-refractivity contribution in [3.8, 4) is 0 Å². The number of anilines is 1.